The predicted octanol–water partition coefficient (Wildman–Crippen LogP) is 9.41. The summed E-state index contributed by atoms with van der Waals surface area (Å²) in [5.41, 5.74) is -1.74. The van der Waals surface area contributed by atoms with Crippen LogP contribution in [0.4, 0.5) is 0 Å². The molecule has 43 heavy (non-hydrogen) atoms. The molecular weight excluding hydrogens is 532 g/mol. The Bertz CT molecular complexity index is 1250. The summed E-state index contributed by atoms with van der Waals surface area (Å²) in [4.78, 5) is 28.7. The Morgan fingerprint density at radius 1 is 0.721 bits per heavy atom. The van der Waals surface area contributed by atoms with Gasteiger partial charge in [0, 0.05) is 17.4 Å². The summed E-state index contributed by atoms with van der Waals surface area (Å²) in [5, 5.41) is 0. The zero-order chi connectivity index (χ0) is 32.1. The maximum atomic E-state index is 15.0. The zero-order valence-corrected chi connectivity index (χ0v) is 29.8. The van der Waals surface area contributed by atoms with E-state index < -0.39 is 22.6 Å². The van der Waals surface area contributed by atoms with Crippen LogP contribution in [0.5, 0.6) is 0 Å². The van der Waals surface area contributed by atoms with Crippen molar-refractivity contribution in [2.45, 2.75) is 146 Å². The van der Waals surface area contributed by atoms with Crippen molar-refractivity contribution in [3.05, 3.63) is 12.2 Å². The summed E-state index contributed by atoms with van der Waals surface area (Å²) >= 11 is 0. The molecule has 0 aromatic carbocycles. The van der Waals surface area contributed by atoms with Crippen molar-refractivity contribution in [1.29, 1.82) is 0 Å². The second-order valence-electron chi connectivity index (χ2n) is 19.9. The maximum absolute atomic E-state index is 15.0. The van der Waals surface area contributed by atoms with Crippen molar-refractivity contribution in [3.63, 3.8) is 0 Å². The second kappa shape index (κ2) is 8.72. The Labute approximate surface area is 262 Å². The van der Waals surface area contributed by atoms with Gasteiger partial charge in [0.1, 0.15) is 5.60 Å². The van der Waals surface area contributed by atoms with Crippen LogP contribution in [0.15, 0.2) is 12.2 Å². The molecule has 0 saturated heterocycles. The van der Waals surface area contributed by atoms with E-state index in [2.05, 4.69) is 68.9 Å². The average molecular weight is 595 g/mol. The fraction of sp³-hybridized carbons (Fsp3) is 0.897. The number of hydrogen-bond acceptors (Lipinski definition) is 4. The summed E-state index contributed by atoms with van der Waals surface area (Å²) < 4.78 is 13.1. The smallest absolute Gasteiger partial charge is 0.351 e. The minimum absolute atomic E-state index is 0.0580. The highest BCUT2D eigenvalue weighted by molar-refractivity contribution is 5.92. The third-order valence-electron chi connectivity index (χ3n) is 16.5. The first-order valence-electron chi connectivity index (χ1n) is 17.5. The highest BCUT2D eigenvalue weighted by Gasteiger charge is 2.84. The lowest BCUT2D eigenvalue weighted by atomic mass is 9.22. The van der Waals surface area contributed by atoms with Gasteiger partial charge in [0.2, 0.25) is 5.60 Å². The van der Waals surface area contributed by atoms with E-state index in [9.17, 15) is 9.59 Å². The number of rotatable bonds is 5. The van der Waals surface area contributed by atoms with Crippen molar-refractivity contribution in [3.8, 4) is 0 Å². The van der Waals surface area contributed by atoms with Crippen molar-refractivity contribution in [2.75, 3.05) is 0 Å². The normalized spacial score (nSPS) is 49.8. The summed E-state index contributed by atoms with van der Waals surface area (Å²) in [7, 11) is 0. The lowest BCUT2D eigenvalue weighted by molar-refractivity contribution is -0.366. The molecule has 11 atom stereocenters. The molecule has 0 aromatic rings. The maximum Gasteiger partial charge on any atom is 0.351 e. The van der Waals surface area contributed by atoms with Gasteiger partial charge in [-0.25, -0.2) is 9.59 Å². The standard InChI is InChI=1S/C39H62O4/c1-22(2)30(40)42-39(31(41)43-32(3,4)5)21-25-20-28(35(25,10)11)38(39,14)37(13)27-18-24(34(27,8)9)19-29(37)36(12)16-15-23-17-26(36)33(23,6)7/h23-29H,1,15-21H2,2-14H3. The Morgan fingerprint density at radius 2 is 1.23 bits per heavy atom. The van der Waals surface area contributed by atoms with Crippen molar-refractivity contribution >= 4 is 11.9 Å². The van der Waals surface area contributed by atoms with Crippen LogP contribution in [0, 0.1) is 73.9 Å². The lowest BCUT2D eigenvalue weighted by Crippen LogP contribution is -2.82. The highest BCUT2D eigenvalue weighted by atomic mass is 16.6. The molecule has 9 saturated carbocycles. The van der Waals surface area contributed by atoms with Crippen LogP contribution in [-0.4, -0.2) is 23.1 Å². The van der Waals surface area contributed by atoms with Crippen LogP contribution in [0.3, 0.4) is 0 Å². The minimum Gasteiger partial charge on any atom is -0.457 e. The van der Waals surface area contributed by atoms with Crippen LogP contribution >= 0.6 is 0 Å². The quantitative estimate of drug-likeness (QED) is 0.235. The fourth-order valence-electron chi connectivity index (χ4n) is 13.7. The van der Waals surface area contributed by atoms with Gasteiger partial charge >= 0.3 is 11.9 Å². The highest BCUT2D eigenvalue weighted by Crippen LogP contribution is 2.85. The first kappa shape index (κ1) is 31.7. The van der Waals surface area contributed by atoms with Gasteiger partial charge in [-0.2, -0.15) is 0 Å². The van der Waals surface area contributed by atoms with E-state index in [4.69, 9.17) is 9.47 Å². The number of hydrogen-bond donors (Lipinski definition) is 0. The van der Waals surface area contributed by atoms with Crippen LogP contribution in [0.1, 0.15) is 135 Å². The average Bonchev–Trinajstić information content (AvgIpc) is 2.87. The van der Waals surface area contributed by atoms with Gasteiger partial charge in [0.15, 0.2) is 0 Å². The molecule has 11 unspecified atom stereocenters. The molecule has 0 aromatic heterocycles. The molecule has 4 heteroatoms. The molecule has 9 aliphatic carbocycles. The minimum atomic E-state index is -1.35. The van der Waals surface area contributed by atoms with Crippen LogP contribution in [0.2, 0.25) is 0 Å². The van der Waals surface area contributed by atoms with E-state index in [1.807, 2.05) is 20.8 Å². The van der Waals surface area contributed by atoms with Crippen molar-refractivity contribution in [2.24, 2.45) is 73.9 Å². The SMILES string of the molecule is C=C(C)C(=O)OC1(C(=O)OC(C)(C)C)CC2CC(C2(C)C)C1(C)C1(C)C2CC(CC1C1(C)CCC3CC1C3(C)C)C2(C)C. The third kappa shape index (κ3) is 3.62. The Kier molecular flexibility index (Phi) is 6.42. The first-order valence-corrected chi connectivity index (χ1v) is 17.5. The van der Waals surface area contributed by atoms with E-state index in [1.54, 1.807) is 6.92 Å². The van der Waals surface area contributed by atoms with Crippen LogP contribution < -0.4 is 0 Å². The number of esters is 2. The number of carbonyl (C=O) groups excluding carboxylic acids is 2. The van der Waals surface area contributed by atoms with E-state index in [-0.39, 0.29) is 33.5 Å². The monoisotopic (exact) mass is 594 g/mol. The van der Waals surface area contributed by atoms with E-state index in [1.165, 1.54) is 32.1 Å². The van der Waals surface area contributed by atoms with E-state index in [0.717, 1.165) is 12.3 Å². The lowest BCUT2D eigenvalue weighted by Gasteiger charge is -2.82. The number of fused-ring (bicyclic) bond motifs is 8. The molecule has 0 spiro atoms. The first-order chi connectivity index (χ1) is 19.4. The summed E-state index contributed by atoms with van der Waals surface area (Å²) in [6.07, 6.45) is 7.95. The molecule has 0 amide bonds. The number of carbonyl (C=O) groups is 2. The second-order valence-corrected chi connectivity index (χ2v) is 19.9. The Hall–Kier alpha value is -1.32. The largest absolute Gasteiger partial charge is 0.457 e. The summed E-state index contributed by atoms with van der Waals surface area (Å²) in [6, 6.07) is 0. The topological polar surface area (TPSA) is 52.6 Å². The van der Waals surface area contributed by atoms with Gasteiger partial charge in [0.05, 0.1) is 0 Å². The van der Waals surface area contributed by atoms with Crippen LogP contribution in [-0.2, 0) is 19.1 Å². The van der Waals surface area contributed by atoms with Gasteiger partial charge in [-0.15, -0.1) is 0 Å². The molecule has 0 N–H and O–H groups in total. The number of ether oxygens (including phenoxy) is 2. The Balaban J connectivity index is 1.61. The third-order valence-corrected chi connectivity index (χ3v) is 16.5. The molecule has 0 heterocycles. The van der Waals surface area contributed by atoms with E-state index >= 15 is 0 Å². The molecule has 0 radical (unpaired) electrons. The molecular formula is C39H62O4. The molecule has 6 bridgehead atoms. The Morgan fingerprint density at radius 3 is 1.72 bits per heavy atom. The van der Waals surface area contributed by atoms with Gasteiger partial charge < -0.3 is 9.47 Å². The van der Waals surface area contributed by atoms with Crippen molar-refractivity contribution < 1.29 is 19.1 Å². The molecule has 9 rings (SSSR count). The van der Waals surface area contributed by atoms with Crippen LogP contribution in [0.25, 0.3) is 0 Å². The molecule has 242 valence electrons. The predicted molar refractivity (Wildman–Crippen MR) is 172 cm³/mol. The summed E-state index contributed by atoms with van der Waals surface area (Å²) in [5.74, 6) is 2.89. The molecule has 9 fully saturated rings. The van der Waals surface area contributed by atoms with Crippen molar-refractivity contribution in [1.82, 2.24) is 0 Å². The van der Waals surface area contributed by atoms with Gasteiger partial charge in [-0.05, 0) is 135 Å². The fourth-order valence-corrected chi connectivity index (χ4v) is 13.7. The summed E-state index contributed by atoms with van der Waals surface area (Å²) in [6.45, 7) is 34.0. The molecule has 0 aliphatic heterocycles. The zero-order valence-electron chi connectivity index (χ0n) is 29.8. The van der Waals surface area contributed by atoms with Gasteiger partial charge in [-0.3, -0.25) is 0 Å². The van der Waals surface area contributed by atoms with Gasteiger partial charge in [-0.1, -0.05) is 68.9 Å². The molecule has 9 aliphatic rings. The van der Waals surface area contributed by atoms with Gasteiger partial charge in [0.25, 0.3) is 0 Å². The molecule has 4 nitrogen and oxygen atoms in total. The van der Waals surface area contributed by atoms with E-state index in [0.29, 0.717) is 47.0 Å².